The largest absolute Gasteiger partial charge is 0.422 e. The molecule has 2 saturated carbocycles. The molecule has 32 heavy (non-hydrogen) atoms. The van der Waals surface area contributed by atoms with Gasteiger partial charge in [0.2, 0.25) is 0 Å². The molecule has 0 saturated heterocycles. The molecule has 1 aromatic carbocycles. The molecule has 0 atom stereocenters. The van der Waals surface area contributed by atoms with Gasteiger partial charge in [-0.05, 0) is 92.7 Å². The van der Waals surface area contributed by atoms with Crippen molar-refractivity contribution in [2.45, 2.75) is 102 Å². The van der Waals surface area contributed by atoms with Crippen molar-refractivity contribution in [3.8, 4) is 0 Å². The van der Waals surface area contributed by atoms with E-state index in [1.807, 2.05) is 0 Å². The molecule has 2 fully saturated rings. The van der Waals surface area contributed by atoms with Gasteiger partial charge in [0, 0.05) is 0 Å². The molecular formula is C27H37F5. The van der Waals surface area contributed by atoms with E-state index >= 15 is 0 Å². The lowest BCUT2D eigenvalue weighted by atomic mass is 9.76. The molecule has 180 valence electrons. The van der Waals surface area contributed by atoms with Gasteiger partial charge in [-0.2, -0.15) is 13.2 Å². The fourth-order valence-electron chi connectivity index (χ4n) is 5.59. The predicted octanol–water partition coefficient (Wildman–Crippen LogP) is 9.59. The van der Waals surface area contributed by atoms with Crippen molar-refractivity contribution >= 4 is 0 Å². The van der Waals surface area contributed by atoms with E-state index in [1.165, 1.54) is 57.8 Å². The Balaban J connectivity index is 1.43. The zero-order chi connectivity index (χ0) is 23.1. The van der Waals surface area contributed by atoms with Crippen LogP contribution in [-0.2, 0) is 6.18 Å². The molecule has 2 aliphatic rings. The van der Waals surface area contributed by atoms with Crippen LogP contribution in [0.1, 0.15) is 107 Å². The third-order valence-electron chi connectivity index (χ3n) is 7.60. The molecule has 0 spiro atoms. The SMILES string of the molecule is CCCCCC[C@H]1CC[C@H](C=C[C@H]2CC[C@H](c3cc(F)c(C(F)(F)F)c(F)c3)CC2)CC1. The second-order valence-corrected chi connectivity index (χ2v) is 9.98. The van der Waals surface area contributed by atoms with Crippen molar-refractivity contribution in [3.05, 3.63) is 47.0 Å². The van der Waals surface area contributed by atoms with Crippen molar-refractivity contribution in [1.82, 2.24) is 0 Å². The Bertz CT molecular complexity index is 712. The van der Waals surface area contributed by atoms with Crippen LogP contribution in [-0.4, -0.2) is 0 Å². The van der Waals surface area contributed by atoms with Crippen LogP contribution < -0.4 is 0 Å². The molecule has 2 aliphatic carbocycles. The van der Waals surface area contributed by atoms with Gasteiger partial charge in [0.05, 0.1) is 0 Å². The second kappa shape index (κ2) is 11.7. The summed E-state index contributed by atoms with van der Waals surface area (Å²) in [5.41, 5.74) is -1.43. The first-order valence-electron chi connectivity index (χ1n) is 12.5. The molecule has 0 radical (unpaired) electrons. The number of benzene rings is 1. The van der Waals surface area contributed by atoms with Gasteiger partial charge in [-0.1, -0.05) is 51.2 Å². The first-order valence-corrected chi connectivity index (χ1v) is 12.5. The van der Waals surface area contributed by atoms with Crippen LogP contribution in [0.25, 0.3) is 0 Å². The van der Waals surface area contributed by atoms with Crippen molar-refractivity contribution in [2.75, 3.05) is 0 Å². The first-order chi connectivity index (χ1) is 15.3. The summed E-state index contributed by atoms with van der Waals surface area (Å²) in [6, 6.07) is 1.76. The number of hydrogen-bond acceptors (Lipinski definition) is 0. The monoisotopic (exact) mass is 456 g/mol. The van der Waals surface area contributed by atoms with Gasteiger partial charge < -0.3 is 0 Å². The Hall–Kier alpha value is -1.39. The van der Waals surface area contributed by atoms with Crippen molar-refractivity contribution < 1.29 is 22.0 Å². The zero-order valence-corrected chi connectivity index (χ0v) is 19.2. The van der Waals surface area contributed by atoms with Crippen LogP contribution in [0.2, 0.25) is 0 Å². The lowest BCUT2D eigenvalue weighted by Gasteiger charge is -2.29. The van der Waals surface area contributed by atoms with E-state index in [2.05, 4.69) is 19.1 Å². The fourth-order valence-corrected chi connectivity index (χ4v) is 5.59. The summed E-state index contributed by atoms with van der Waals surface area (Å²) in [5.74, 6) is -1.06. The molecular weight excluding hydrogens is 419 g/mol. The fraction of sp³-hybridized carbons (Fsp3) is 0.704. The molecule has 0 aliphatic heterocycles. The Morgan fingerprint density at radius 2 is 1.31 bits per heavy atom. The highest BCUT2D eigenvalue weighted by Gasteiger charge is 2.38. The molecule has 0 bridgehead atoms. The van der Waals surface area contributed by atoms with Crippen LogP contribution in [0.15, 0.2) is 24.3 Å². The Morgan fingerprint density at radius 3 is 1.81 bits per heavy atom. The van der Waals surface area contributed by atoms with Crippen molar-refractivity contribution in [3.63, 3.8) is 0 Å². The van der Waals surface area contributed by atoms with Crippen LogP contribution in [0.5, 0.6) is 0 Å². The topological polar surface area (TPSA) is 0 Å². The lowest BCUT2D eigenvalue weighted by Crippen LogP contribution is -2.16. The highest BCUT2D eigenvalue weighted by Crippen LogP contribution is 2.40. The van der Waals surface area contributed by atoms with E-state index in [9.17, 15) is 22.0 Å². The maximum Gasteiger partial charge on any atom is 0.422 e. The highest BCUT2D eigenvalue weighted by molar-refractivity contribution is 5.31. The number of halogens is 5. The Labute approximate surface area is 189 Å². The smallest absolute Gasteiger partial charge is 0.206 e. The number of rotatable bonds is 8. The number of alkyl halides is 3. The Morgan fingerprint density at radius 1 is 0.781 bits per heavy atom. The summed E-state index contributed by atoms with van der Waals surface area (Å²) in [7, 11) is 0. The molecule has 0 nitrogen and oxygen atoms in total. The van der Waals surface area contributed by atoms with E-state index in [1.54, 1.807) is 0 Å². The van der Waals surface area contributed by atoms with E-state index in [0.717, 1.165) is 43.7 Å². The predicted molar refractivity (Wildman–Crippen MR) is 119 cm³/mol. The standard InChI is InChI=1S/C27H37F5/c1-2-3-4-5-6-19-7-9-20(10-8-19)11-12-21-13-15-22(16-14-21)23-17-24(28)26(25(29)18-23)27(30,31)32/h11-12,17-22H,2-10,13-16H2,1H3/t19-,20-,21-,22-. The molecule has 1 aromatic rings. The minimum Gasteiger partial charge on any atom is -0.206 e. The molecule has 5 heteroatoms. The second-order valence-electron chi connectivity index (χ2n) is 9.98. The van der Waals surface area contributed by atoms with E-state index in [-0.39, 0.29) is 5.92 Å². The summed E-state index contributed by atoms with van der Waals surface area (Å²) < 4.78 is 66.2. The molecule has 3 rings (SSSR count). The lowest BCUT2D eigenvalue weighted by molar-refractivity contribution is -0.142. The molecule has 0 aromatic heterocycles. The summed E-state index contributed by atoms with van der Waals surface area (Å²) in [6.45, 7) is 2.25. The van der Waals surface area contributed by atoms with Gasteiger partial charge in [-0.3, -0.25) is 0 Å². The van der Waals surface area contributed by atoms with Crippen molar-refractivity contribution in [1.29, 1.82) is 0 Å². The Kier molecular flexibility index (Phi) is 9.19. The average molecular weight is 457 g/mol. The highest BCUT2D eigenvalue weighted by atomic mass is 19.4. The zero-order valence-electron chi connectivity index (χ0n) is 19.2. The molecule has 0 unspecified atom stereocenters. The minimum atomic E-state index is -5.01. The summed E-state index contributed by atoms with van der Waals surface area (Å²) >= 11 is 0. The summed E-state index contributed by atoms with van der Waals surface area (Å²) in [6.07, 6.45) is 15.0. The summed E-state index contributed by atoms with van der Waals surface area (Å²) in [5, 5.41) is 0. The number of hydrogen-bond donors (Lipinski definition) is 0. The minimum absolute atomic E-state index is 0.0749. The first kappa shape index (κ1) is 25.2. The molecule has 0 N–H and O–H groups in total. The van der Waals surface area contributed by atoms with Crippen LogP contribution >= 0.6 is 0 Å². The van der Waals surface area contributed by atoms with Gasteiger partial charge in [0.25, 0.3) is 0 Å². The van der Waals surface area contributed by atoms with Crippen LogP contribution in [0, 0.1) is 29.4 Å². The molecule has 0 amide bonds. The van der Waals surface area contributed by atoms with E-state index in [4.69, 9.17) is 0 Å². The maximum atomic E-state index is 13.9. The normalized spacial score (nSPS) is 27.2. The maximum absolute atomic E-state index is 13.9. The average Bonchev–Trinajstić information content (AvgIpc) is 2.75. The van der Waals surface area contributed by atoms with Gasteiger partial charge in [0.1, 0.15) is 17.2 Å². The van der Waals surface area contributed by atoms with Crippen LogP contribution in [0.4, 0.5) is 22.0 Å². The third-order valence-corrected chi connectivity index (χ3v) is 7.60. The quantitative estimate of drug-likeness (QED) is 0.207. The number of unbranched alkanes of at least 4 members (excludes halogenated alkanes) is 3. The van der Waals surface area contributed by atoms with Gasteiger partial charge >= 0.3 is 6.18 Å². The van der Waals surface area contributed by atoms with E-state index < -0.39 is 23.4 Å². The van der Waals surface area contributed by atoms with Gasteiger partial charge in [-0.15, -0.1) is 0 Å². The van der Waals surface area contributed by atoms with Crippen molar-refractivity contribution in [2.24, 2.45) is 17.8 Å². The van der Waals surface area contributed by atoms with Gasteiger partial charge in [-0.25, -0.2) is 8.78 Å². The molecule has 0 heterocycles. The van der Waals surface area contributed by atoms with Crippen LogP contribution in [0.3, 0.4) is 0 Å². The van der Waals surface area contributed by atoms with Gasteiger partial charge in [0.15, 0.2) is 0 Å². The summed E-state index contributed by atoms with van der Waals surface area (Å²) in [4.78, 5) is 0. The third kappa shape index (κ3) is 7.05. The van der Waals surface area contributed by atoms with E-state index in [0.29, 0.717) is 17.4 Å². The number of allylic oxidation sites excluding steroid dienone is 2.